The van der Waals surface area contributed by atoms with E-state index >= 15 is 0 Å². The van der Waals surface area contributed by atoms with Gasteiger partial charge in [0.25, 0.3) is 0 Å². The molecular weight excluding hydrogens is 391 g/mol. The molecule has 0 aliphatic carbocycles. The van der Waals surface area contributed by atoms with Crippen LogP contribution in [0, 0.1) is 0 Å². The largest absolute Gasteiger partial charge is 0.494 e. The molecule has 3 rings (SSSR count). The van der Waals surface area contributed by atoms with Gasteiger partial charge in [-0.3, -0.25) is 4.90 Å². The average molecular weight is 418 g/mol. The summed E-state index contributed by atoms with van der Waals surface area (Å²) >= 11 is 5.87. The molecule has 1 saturated heterocycles. The third kappa shape index (κ3) is 7.73. The summed E-state index contributed by atoms with van der Waals surface area (Å²) in [6.45, 7) is 7.51. The SMILES string of the molecule is Cl.Cl.Clc1ccc(OCCCN2CCN(Cc3ccccc3)CC2)cc1. The number of piperazine rings is 1. The summed E-state index contributed by atoms with van der Waals surface area (Å²) in [4.78, 5) is 5.07. The average Bonchev–Trinajstić information content (AvgIpc) is 2.62. The number of benzene rings is 2. The van der Waals surface area contributed by atoms with Crippen LogP contribution >= 0.6 is 36.4 Å². The van der Waals surface area contributed by atoms with Gasteiger partial charge >= 0.3 is 0 Å². The van der Waals surface area contributed by atoms with Crippen LogP contribution in [0.5, 0.6) is 5.75 Å². The minimum Gasteiger partial charge on any atom is -0.494 e. The molecule has 2 aromatic rings. The number of rotatable bonds is 7. The van der Waals surface area contributed by atoms with Crippen LogP contribution in [0.15, 0.2) is 54.6 Å². The van der Waals surface area contributed by atoms with E-state index in [1.54, 1.807) is 0 Å². The highest BCUT2D eigenvalue weighted by Crippen LogP contribution is 2.15. The van der Waals surface area contributed by atoms with Crippen molar-refractivity contribution in [3.8, 4) is 5.75 Å². The van der Waals surface area contributed by atoms with Crippen molar-refractivity contribution in [3.63, 3.8) is 0 Å². The molecule has 0 aromatic heterocycles. The molecule has 0 atom stereocenters. The summed E-state index contributed by atoms with van der Waals surface area (Å²) < 4.78 is 5.76. The highest BCUT2D eigenvalue weighted by atomic mass is 35.5. The zero-order chi connectivity index (χ0) is 16.6. The minimum atomic E-state index is 0. The van der Waals surface area contributed by atoms with E-state index in [2.05, 4.69) is 40.1 Å². The van der Waals surface area contributed by atoms with Crippen LogP contribution in [0.2, 0.25) is 5.02 Å². The van der Waals surface area contributed by atoms with Crippen LogP contribution < -0.4 is 4.74 Å². The number of halogens is 3. The Hall–Kier alpha value is -0.970. The van der Waals surface area contributed by atoms with Gasteiger partial charge in [0.15, 0.2) is 0 Å². The monoisotopic (exact) mass is 416 g/mol. The molecule has 144 valence electrons. The Morgan fingerprint density at radius 2 is 1.42 bits per heavy atom. The van der Waals surface area contributed by atoms with E-state index in [9.17, 15) is 0 Å². The topological polar surface area (TPSA) is 15.7 Å². The van der Waals surface area contributed by atoms with E-state index in [1.807, 2.05) is 24.3 Å². The molecule has 1 heterocycles. The Kier molecular flexibility index (Phi) is 11.0. The third-order valence-corrected chi connectivity index (χ3v) is 4.67. The van der Waals surface area contributed by atoms with E-state index in [1.165, 1.54) is 5.56 Å². The predicted octanol–water partition coefficient (Wildman–Crippen LogP) is 4.77. The maximum atomic E-state index is 5.87. The molecule has 6 heteroatoms. The van der Waals surface area contributed by atoms with Crippen molar-refractivity contribution in [2.24, 2.45) is 0 Å². The predicted molar refractivity (Wildman–Crippen MR) is 114 cm³/mol. The van der Waals surface area contributed by atoms with Crippen molar-refractivity contribution < 1.29 is 4.74 Å². The maximum absolute atomic E-state index is 5.87. The molecule has 26 heavy (non-hydrogen) atoms. The second kappa shape index (κ2) is 12.4. The molecule has 1 aliphatic heterocycles. The molecule has 0 saturated carbocycles. The maximum Gasteiger partial charge on any atom is 0.119 e. The molecule has 0 unspecified atom stereocenters. The van der Waals surface area contributed by atoms with Gasteiger partial charge in [0.2, 0.25) is 0 Å². The molecule has 0 radical (unpaired) electrons. The first kappa shape index (κ1) is 23.1. The molecule has 1 aliphatic rings. The molecular formula is C20H27Cl3N2O. The fraction of sp³-hybridized carbons (Fsp3) is 0.400. The van der Waals surface area contributed by atoms with Crippen LogP contribution in [-0.4, -0.2) is 49.1 Å². The molecule has 0 spiro atoms. The lowest BCUT2D eigenvalue weighted by Crippen LogP contribution is -2.46. The van der Waals surface area contributed by atoms with Gasteiger partial charge in [-0.1, -0.05) is 41.9 Å². The molecule has 0 bridgehead atoms. The van der Waals surface area contributed by atoms with E-state index in [0.717, 1.165) is 63.1 Å². The van der Waals surface area contributed by atoms with Gasteiger partial charge in [-0.05, 0) is 36.2 Å². The number of nitrogens with zero attached hydrogens (tertiary/aromatic N) is 2. The van der Waals surface area contributed by atoms with Gasteiger partial charge in [0, 0.05) is 44.3 Å². The first-order valence-electron chi connectivity index (χ1n) is 8.66. The zero-order valence-corrected chi connectivity index (χ0v) is 17.2. The van der Waals surface area contributed by atoms with Crippen LogP contribution in [-0.2, 0) is 6.54 Å². The van der Waals surface area contributed by atoms with E-state index in [0.29, 0.717) is 0 Å². The fourth-order valence-electron chi connectivity index (χ4n) is 3.02. The first-order chi connectivity index (χ1) is 11.8. The second-order valence-corrected chi connectivity index (χ2v) is 6.70. The van der Waals surface area contributed by atoms with E-state index < -0.39 is 0 Å². The Bertz CT molecular complexity index is 602. The summed E-state index contributed by atoms with van der Waals surface area (Å²) in [5.74, 6) is 0.895. The molecule has 1 fully saturated rings. The summed E-state index contributed by atoms with van der Waals surface area (Å²) in [7, 11) is 0. The van der Waals surface area contributed by atoms with Crippen molar-refractivity contribution in [1.82, 2.24) is 9.80 Å². The summed E-state index contributed by atoms with van der Waals surface area (Å²) in [5, 5.41) is 0.746. The zero-order valence-electron chi connectivity index (χ0n) is 14.9. The van der Waals surface area contributed by atoms with Gasteiger partial charge in [0.05, 0.1) is 6.61 Å². The van der Waals surface area contributed by atoms with E-state index in [-0.39, 0.29) is 24.8 Å². The minimum absolute atomic E-state index is 0. The van der Waals surface area contributed by atoms with E-state index in [4.69, 9.17) is 16.3 Å². The second-order valence-electron chi connectivity index (χ2n) is 6.26. The van der Waals surface area contributed by atoms with Gasteiger partial charge < -0.3 is 9.64 Å². The molecule has 0 amide bonds. The van der Waals surface area contributed by atoms with Crippen molar-refractivity contribution in [1.29, 1.82) is 0 Å². The standard InChI is InChI=1S/C20H25ClN2O.2ClH/c21-19-7-9-20(10-8-19)24-16-4-11-22-12-14-23(15-13-22)17-18-5-2-1-3-6-18;;/h1-3,5-10H,4,11-17H2;2*1H. The van der Waals surface area contributed by atoms with Crippen LogP contribution in [0.4, 0.5) is 0 Å². The Morgan fingerprint density at radius 3 is 2.08 bits per heavy atom. The molecule has 3 nitrogen and oxygen atoms in total. The molecule has 0 N–H and O–H groups in total. The lowest BCUT2D eigenvalue weighted by Gasteiger charge is -2.34. The quantitative estimate of drug-likeness (QED) is 0.603. The fourth-order valence-corrected chi connectivity index (χ4v) is 3.15. The summed E-state index contributed by atoms with van der Waals surface area (Å²) in [6, 6.07) is 18.3. The Morgan fingerprint density at radius 1 is 0.808 bits per heavy atom. The van der Waals surface area contributed by atoms with Gasteiger partial charge in [-0.25, -0.2) is 0 Å². The first-order valence-corrected chi connectivity index (χ1v) is 9.04. The van der Waals surface area contributed by atoms with Crippen molar-refractivity contribution in [2.75, 3.05) is 39.3 Å². The normalized spacial score (nSPS) is 15.0. The highest BCUT2D eigenvalue weighted by Gasteiger charge is 2.16. The lowest BCUT2D eigenvalue weighted by atomic mass is 10.2. The van der Waals surface area contributed by atoms with Crippen molar-refractivity contribution in [3.05, 3.63) is 65.2 Å². The van der Waals surface area contributed by atoms with Gasteiger partial charge in [0.1, 0.15) is 5.75 Å². The summed E-state index contributed by atoms with van der Waals surface area (Å²) in [6.07, 6.45) is 1.06. The summed E-state index contributed by atoms with van der Waals surface area (Å²) in [5.41, 5.74) is 1.40. The van der Waals surface area contributed by atoms with Gasteiger partial charge in [-0.15, -0.1) is 24.8 Å². The number of hydrogen-bond donors (Lipinski definition) is 0. The van der Waals surface area contributed by atoms with Crippen LogP contribution in [0.25, 0.3) is 0 Å². The number of ether oxygens (including phenoxy) is 1. The highest BCUT2D eigenvalue weighted by molar-refractivity contribution is 6.30. The lowest BCUT2D eigenvalue weighted by molar-refractivity contribution is 0.121. The smallest absolute Gasteiger partial charge is 0.119 e. The van der Waals surface area contributed by atoms with Crippen LogP contribution in [0.1, 0.15) is 12.0 Å². The van der Waals surface area contributed by atoms with Crippen molar-refractivity contribution >= 4 is 36.4 Å². The molecule has 2 aromatic carbocycles. The Labute approximate surface area is 174 Å². The third-order valence-electron chi connectivity index (χ3n) is 4.41. The van der Waals surface area contributed by atoms with Gasteiger partial charge in [-0.2, -0.15) is 0 Å². The van der Waals surface area contributed by atoms with Crippen molar-refractivity contribution in [2.45, 2.75) is 13.0 Å². The Balaban J connectivity index is 0.00000169. The van der Waals surface area contributed by atoms with Crippen LogP contribution in [0.3, 0.4) is 0 Å². The number of hydrogen-bond acceptors (Lipinski definition) is 3.